The zero-order valence-electron chi connectivity index (χ0n) is 52.9. The molecule has 0 radical (unpaired) electrons. The third-order valence-corrected chi connectivity index (χ3v) is 20.8. The van der Waals surface area contributed by atoms with Crippen LogP contribution in [-0.2, 0) is 29.4 Å². The van der Waals surface area contributed by atoms with Crippen molar-refractivity contribution >= 4 is 25.2 Å². The molecule has 2 aliphatic carbocycles. The molecule has 6 heteroatoms. The molecule has 2 saturated heterocycles. The van der Waals surface area contributed by atoms with Crippen molar-refractivity contribution in [3.8, 4) is 22.3 Å². The van der Waals surface area contributed by atoms with Crippen LogP contribution in [0.3, 0.4) is 0 Å². The van der Waals surface area contributed by atoms with Crippen LogP contribution in [0.25, 0.3) is 22.3 Å². The second-order valence-electron chi connectivity index (χ2n) is 27.8. The van der Waals surface area contributed by atoms with E-state index in [9.17, 15) is 0 Å². The van der Waals surface area contributed by atoms with E-state index in [-0.39, 0.29) is 25.1 Å². The van der Waals surface area contributed by atoms with Gasteiger partial charge in [0.1, 0.15) is 0 Å². The van der Waals surface area contributed by atoms with Crippen LogP contribution in [0.4, 0.5) is 0 Å². The Bertz CT molecular complexity index is 2060. The van der Waals surface area contributed by atoms with Gasteiger partial charge in [-0.05, 0) is 149 Å². The van der Waals surface area contributed by atoms with Crippen LogP contribution in [0.15, 0.2) is 48.5 Å². The molecule has 4 aliphatic rings. The molecule has 0 aromatic heterocycles. The molecular formula is C72H116B2O4. The molecule has 0 unspecified atom stereocenters. The summed E-state index contributed by atoms with van der Waals surface area (Å²) in [6.45, 7) is 27.0. The van der Waals surface area contributed by atoms with Crippen LogP contribution in [0, 0.1) is 0 Å². The molecule has 0 atom stereocenters. The van der Waals surface area contributed by atoms with E-state index in [2.05, 4.69) is 132 Å². The van der Waals surface area contributed by atoms with Gasteiger partial charge in [0.2, 0.25) is 0 Å². The first kappa shape index (κ1) is 63.2. The highest BCUT2D eigenvalue weighted by Gasteiger charge is 2.55. The summed E-state index contributed by atoms with van der Waals surface area (Å²) in [5, 5.41) is 0. The summed E-state index contributed by atoms with van der Waals surface area (Å²) in [6, 6.07) is 20.6. The fraction of sp³-hybridized carbons (Fsp3) is 0.750. The fourth-order valence-electron chi connectivity index (χ4n) is 14.3. The van der Waals surface area contributed by atoms with Crippen LogP contribution >= 0.6 is 0 Å². The van der Waals surface area contributed by atoms with E-state index >= 15 is 0 Å². The van der Waals surface area contributed by atoms with E-state index in [1.165, 1.54) is 264 Å². The van der Waals surface area contributed by atoms with E-state index in [0.717, 1.165) is 0 Å². The second kappa shape index (κ2) is 29.2. The van der Waals surface area contributed by atoms with Gasteiger partial charge in [-0.15, -0.1) is 0 Å². The van der Waals surface area contributed by atoms with E-state index in [4.69, 9.17) is 18.6 Å². The molecule has 0 amide bonds. The van der Waals surface area contributed by atoms with Gasteiger partial charge in [-0.3, -0.25) is 0 Å². The maximum atomic E-state index is 6.88. The summed E-state index contributed by atoms with van der Waals surface area (Å²) >= 11 is 0. The minimum atomic E-state index is -0.394. The molecule has 78 heavy (non-hydrogen) atoms. The van der Waals surface area contributed by atoms with Crippen molar-refractivity contribution in [3.63, 3.8) is 0 Å². The largest absolute Gasteiger partial charge is 0.494 e. The Kier molecular flexibility index (Phi) is 23.7. The Balaban J connectivity index is 1.35. The van der Waals surface area contributed by atoms with E-state index in [1.54, 1.807) is 22.3 Å². The highest BCUT2D eigenvalue weighted by atomic mass is 16.7. The lowest BCUT2D eigenvalue weighted by atomic mass is 9.67. The monoisotopic (exact) mass is 1070 g/mol. The highest BCUT2D eigenvalue weighted by Crippen LogP contribution is 2.61. The van der Waals surface area contributed by atoms with Gasteiger partial charge in [-0.2, -0.15) is 0 Å². The van der Waals surface area contributed by atoms with Crippen molar-refractivity contribution in [1.82, 2.24) is 0 Å². The van der Waals surface area contributed by atoms with Crippen LogP contribution in [0.1, 0.15) is 336 Å². The summed E-state index contributed by atoms with van der Waals surface area (Å²) in [4.78, 5) is 0. The first-order valence-corrected chi connectivity index (χ1v) is 33.7. The summed E-state index contributed by atoms with van der Waals surface area (Å²) in [5.74, 6) is 0. The number of hydrogen-bond acceptors (Lipinski definition) is 4. The molecule has 7 rings (SSSR count). The van der Waals surface area contributed by atoms with Crippen molar-refractivity contribution in [1.29, 1.82) is 0 Å². The Morgan fingerprint density at radius 2 is 0.487 bits per heavy atom. The molecule has 0 spiro atoms. The maximum Gasteiger partial charge on any atom is 0.494 e. The smallest absolute Gasteiger partial charge is 0.399 e. The van der Waals surface area contributed by atoms with Gasteiger partial charge in [-0.1, -0.05) is 270 Å². The minimum Gasteiger partial charge on any atom is -0.399 e. The van der Waals surface area contributed by atoms with E-state index < -0.39 is 22.4 Å². The second-order valence-corrected chi connectivity index (χ2v) is 27.8. The number of hydrogen-bond donors (Lipinski definition) is 0. The van der Waals surface area contributed by atoms with Gasteiger partial charge in [0.05, 0.1) is 22.4 Å². The van der Waals surface area contributed by atoms with Gasteiger partial charge >= 0.3 is 14.2 Å². The average Bonchev–Trinajstić information content (AvgIpc) is 4.00. The molecular weight excluding hydrogens is 950 g/mol. The van der Waals surface area contributed by atoms with Crippen molar-refractivity contribution in [2.75, 3.05) is 0 Å². The summed E-state index contributed by atoms with van der Waals surface area (Å²) in [7, 11) is -0.761. The Morgan fingerprint density at radius 3 is 0.731 bits per heavy atom. The first-order valence-electron chi connectivity index (χ1n) is 33.7. The lowest BCUT2D eigenvalue weighted by Crippen LogP contribution is -2.41. The van der Waals surface area contributed by atoms with E-state index in [1.807, 2.05) is 0 Å². The number of rotatable bonds is 38. The SMILES string of the molecule is CCCCCCCCCCC1(CCCCCCCCCC)c2cc(B3OC(C)(C)C(C)(C)O3)ccc2-c2cc3c(cc21)-c1ccc(B2OC(C)(C)C(C)(C)O2)cc1C3(CCCCCCCCCC)CCCCCCCCCC. The van der Waals surface area contributed by atoms with Crippen LogP contribution in [0.5, 0.6) is 0 Å². The Hall–Kier alpha value is -2.37. The molecule has 2 fully saturated rings. The molecule has 0 saturated carbocycles. The zero-order valence-corrected chi connectivity index (χ0v) is 52.9. The number of benzene rings is 3. The zero-order chi connectivity index (χ0) is 55.9. The number of fused-ring (bicyclic) bond motifs is 6. The average molecular weight is 1070 g/mol. The third-order valence-electron chi connectivity index (χ3n) is 20.8. The van der Waals surface area contributed by atoms with Crippen LogP contribution in [-0.4, -0.2) is 36.6 Å². The summed E-state index contributed by atoms with van der Waals surface area (Å²) in [6.07, 6.45) is 47.6. The van der Waals surface area contributed by atoms with Gasteiger partial charge < -0.3 is 18.6 Å². The predicted octanol–water partition coefficient (Wildman–Crippen LogP) is 20.9. The van der Waals surface area contributed by atoms with Gasteiger partial charge in [0.25, 0.3) is 0 Å². The van der Waals surface area contributed by atoms with Gasteiger partial charge in [-0.25, -0.2) is 0 Å². The lowest BCUT2D eigenvalue weighted by Gasteiger charge is -2.35. The van der Waals surface area contributed by atoms with Crippen molar-refractivity contribution in [2.24, 2.45) is 0 Å². The Labute approximate surface area is 481 Å². The summed E-state index contributed by atoms with van der Waals surface area (Å²) < 4.78 is 27.5. The van der Waals surface area contributed by atoms with Crippen molar-refractivity contribution < 1.29 is 18.6 Å². The topological polar surface area (TPSA) is 36.9 Å². The molecule has 0 N–H and O–H groups in total. The molecule has 3 aromatic rings. The molecule has 3 aromatic carbocycles. The standard InChI is InChI=1S/C72H116B2O4/c1-13-17-21-25-29-33-37-41-49-71(50-42-38-34-30-26-22-18-14-2)63-53-57(73-75-67(5,6)68(7,8)76-73)45-47-59(63)61-56-66-62(55-65(61)71)60-48-46-58(74-77-69(9,10)70(11,12)78-74)54-64(60)72(66,51-43-39-35-31-27-23-19-15-3)52-44-40-36-32-28-24-20-16-4/h45-48,53-56H,13-44,49-52H2,1-12H3. The quantitative estimate of drug-likeness (QED) is 0.0423. The fourth-order valence-corrected chi connectivity index (χ4v) is 14.3. The first-order chi connectivity index (χ1) is 37.5. The highest BCUT2D eigenvalue weighted by molar-refractivity contribution is 6.62. The third kappa shape index (κ3) is 14.9. The minimum absolute atomic E-state index is 0.0760. The molecule has 0 bridgehead atoms. The molecule has 4 nitrogen and oxygen atoms in total. The van der Waals surface area contributed by atoms with E-state index in [0.29, 0.717) is 0 Å². The Morgan fingerprint density at radius 1 is 0.269 bits per heavy atom. The molecule has 434 valence electrons. The maximum absolute atomic E-state index is 6.88. The van der Waals surface area contributed by atoms with Crippen LogP contribution in [0.2, 0.25) is 0 Å². The predicted molar refractivity (Wildman–Crippen MR) is 339 cm³/mol. The number of unbranched alkanes of at least 4 members (excludes halogenated alkanes) is 28. The molecule has 2 heterocycles. The van der Waals surface area contributed by atoms with Crippen LogP contribution < -0.4 is 10.9 Å². The molecule has 2 aliphatic heterocycles. The summed E-state index contributed by atoms with van der Waals surface area (Å²) in [5.41, 5.74) is 12.9. The van der Waals surface area contributed by atoms with Crippen molar-refractivity contribution in [3.05, 3.63) is 70.8 Å². The normalized spacial score (nSPS) is 18.7. The lowest BCUT2D eigenvalue weighted by molar-refractivity contribution is 0.00578. The van der Waals surface area contributed by atoms with Gasteiger partial charge in [0, 0.05) is 10.8 Å². The van der Waals surface area contributed by atoms with Crippen molar-refractivity contribution in [2.45, 2.75) is 347 Å². The van der Waals surface area contributed by atoms with Gasteiger partial charge in [0.15, 0.2) is 0 Å².